The van der Waals surface area contributed by atoms with Gasteiger partial charge in [0.05, 0.1) is 21.3 Å². The molecule has 0 fully saturated rings. The van der Waals surface area contributed by atoms with E-state index < -0.39 is 18.0 Å². The molecule has 2 heterocycles. The number of ether oxygens (including phenoxy) is 1. The molecule has 0 aliphatic rings. The predicted molar refractivity (Wildman–Crippen MR) is 115 cm³/mol. The number of hydrogen-bond acceptors (Lipinski definition) is 7. The molecule has 7 nitrogen and oxygen atoms in total. The molecule has 0 saturated heterocycles. The lowest BCUT2D eigenvalue weighted by Gasteiger charge is -2.14. The number of carbonyl (C=O) groups is 2. The number of nitrogens with zero attached hydrogens (tertiary/aromatic N) is 3. The summed E-state index contributed by atoms with van der Waals surface area (Å²) in [7, 11) is 0. The Morgan fingerprint density at radius 3 is 2.76 bits per heavy atom. The van der Waals surface area contributed by atoms with Crippen molar-refractivity contribution in [2.75, 3.05) is 11.1 Å². The molecule has 0 bridgehead atoms. The van der Waals surface area contributed by atoms with Gasteiger partial charge in [0.1, 0.15) is 0 Å². The van der Waals surface area contributed by atoms with Gasteiger partial charge in [0, 0.05) is 6.54 Å². The second-order valence-electron chi connectivity index (χ2n) is 5.92. The molecule has 1 aromatic carbocycles. The number of aromatic nitrogens is 3. The Balaban J connectivity index is 1.55. The van der Waals surface area contributed by atoms with Crippen LogP contribution in [0.15, 0.2) is 46.9 Å². The number of para-hydroxylation sites is 1. The highest BCUT2D eigenvalue weighted by atomic mass is 35.5. The standard InChI is InChI=1S/C19H19ClN4O3S2/c1-3-24-17(15-9-6-10-28-15)22-23-19(24)29-11-16(25)27-12(2)18(26)21-14-8-5-4-7-13(14)20/h4-10,12H,3,11H2,1-2H3,(H,21,26). The van der Waals surface area contributed by atoms with Crippen molar-refractivity contribution in [2.24, 2.45) is 0 Å². The lowest BCUT2D eigenvalue weighted by atomic mass is 10.3. The van der Waals surface area contributed by atoms with Crippen LogP contribution in [0.2, 0.25) is 5.02 Å². The molecule has 0 saturated carbocycles. The van der Waals surface area contributed by atoms with Crippen LogP contribution in [0.5, 0.6) is 0 Å². The quantitative estimate of drug-likeness (QED) is 0.405. The van der Waals surface area contributed by atoms with Gasteiger partial charge in [-0.3, -0.25) is 9.59 Å². The number of thiophene rings is 1. The summed E-state index contributed by atoms with van der Waals surface area (Å²) in [6.07, 6.45) is -0.954. The van der Waals surface area contributed by atoms with Crippen LogP contribution in [0.4, 0.5) is 5.69 Å². The average Bonchev–Trinajstić information content (AvgIpc) is 3.37. The number of benzene rings is 1. The SMILES string of the molecule is CCn1c(SCC(=O)OC(C)C(=O)Nc2ccccc2Cl)nnc1-c1cccs1. The van der Waals surface area contributed by atoms with E-state index in [0.717, 1.165) is 10.7 Å². The lowest BCUT2D eigenvalue weighted by Crippen LogP contribution is -2.30. The zero-order valence-corrected chi connectivity index (χ0v) is 18.2. The first-order valence-electron chi connectivity index (χ1n) is 8.84. The summed E-state index contributed by atoms with van der Waals surface area (Å²) in [6, 6.07) is 10.8. The van der Waals surface area contributed by atoms with Crippen LogP contribution in [0.3, 0.4) is 0 Å². The normalized spacial score (nSPS) is 11.8. The van der Waals surface area contributed by atoms with Crippen LogP contribution >= 0.6 is 34.7 Å². The fourth-order valence-electron chi connectivity index (χ4n) is 2.47. The Labute approximate surface area is 181 Å². The molecule has 152 valence electrons. The van der Waals surface area contributed by atoms with Gasteiger partial charge < -0.3 is 14.6 Å². The number of thioether (sulfide) groups is 1. The molecule has 1 N–H and O–H groups in total. The van der Waals surface area contributed by atoms with Crippen LogP contribution in [0.1, 0.15) is 13.8 Å². The Kier molecular flexibility index (Phi) is 7.29. The van der Waals surface area contributed by atoms with Gasteiger partial charge in [-0.25, -0.2) is 0 Å². The molecule has 3 aromatic rings. The molecule has 1 atom stereocenters. The van der Waals surface area contributed by atoms with E-state index in [1.165, 1.54) is 18.7 Å². The summed E-state index contributed by atoms with van der Waals surface area (Å²) >= 11 is 8.83. The molecule has 29 heavy (non-hydrogen) atoms. The molecule has 0 spiro atoms. The van der Waals surface area contributed by atoms with E-state index in [9.17, 15) is 9.59 Å². The minimum Gasteiger partial charge on any atom is -0.452 e. The Morgan fingerprint density at radius 2 is 2.07 bits per heavy atom. The van der Waals surface area contributed by atoms with Crippen LogP contribution in [-0.4, -0.2) is 38.5 Å². The molecule has 0 aliphatic heterocycles. The molecular formula is C19H19ClN4O3S2. The number of halogens is 1. The van der Waals surface area contributed by atoms with Crippen molar-refractivity contribution in [1.82, 2.24) is 14.8 Å². The average molecular weight is 451 g/mol. The number of rotatable bonds is 8. The fourth-order valence-corrected chi connectivity index (χ4v) is 4.16. The second kappa shape index (κ2) is 9.91. The highest BCUT2D eigenvalue weighted by Gasteiger charge is 2.20. The molecule has 2 aromatic heterocycles. The van der Waals surface area contributed by atoms with E-state index in [4.69, 9.17) is 16.3 Å². The number of hydrogen-bond donors (Lipinski definition) is 1. The van der Waals surface area contributed by atoms with E-state index >= 15 is 0 Å². The van der Waals surface area contributed by atoms with Gasteiger partial charge in [0.2, 0.25) is 0 Å². The van der Waals surface area contributed by atoms with Gasteiger partial charge in [0.15, 0.2) is 17.1 Å². The number of anilines is 1. The van der Waals surface area contributed by atoms with Crippen molar-refractivity contribution in [3.05, 3.63) is 46.8 Å². The third kappa shape index (κ3) is 5.37. The first-order chi connectivity index (χ1) is 14.0. The topological polar surface area (TPSA) is 86.1 Å². The van der Waals surface area contributed by atoms with Gasteiger partial charge in [-0.05, 0) is 37.4 Å². The summed E-state index contributed by atoms with van der Waals surface area (Å²) in [5.41, 5.74) is 0.466. The van der Waals surface area contributed by atoms with Crippen LogP contribution in [0.25, 0.3) is 10.7 Å². The fraction of sp³-hybridized carbons (Fsp3) is 0.263. The first-order valence-corrected chi connectivity index (χ1v) is 11.1. The number of amides is 1. The van der Waals surface area contributed by atoms with Crippen molar-refractivity contribution in [3.63, 3.8) is 0 Å². The zero-order chi connectivity index (χ0) is 20.8. The lowest BCUT2D eigenvalue weighted by molar-refractivity contribution is -0.150. The van der Waals surface area contributed by atoms with Crippen LogP contribution in [0, 0.1) is 0 Å². The highest BCUT2D eigenvalue weighted by Crippen LogP contribution is 2.27. The maximum Gasteiger partial charge on any atom is 0.317 e. The van der Waals surface area contributed by atoms with Gasteiger partial charge >= 0.3 is 5.97 Å². The third-order valence-corrected chi connectivity index (χ3v) is 6.04. The summed E-state index contributed by atoms with van der Waals surface area (Å²) < 4.78 is 7.17. The third-order valence-electron chi connectivity index (χ3n) is 3.90. The largest absolute Gasteiger partial charge is 0.452 e. The first kappa shape index (κ1) is 21.4. The Bertz CT molecular complexity index is 991. The van der Waals surface area contributed by atoms with Gasteiger partial charge in [-0.15, -0.1) is 21.5 Å². The van der Waals surface area contributed by atoms with E-state index in [0.29, 0.717) is 22.4 Å². The molecular weight excluding hydrogens is 432 g/mol. The minimum absolute atomic E-state index is 0.0201. The van der Waals surface area contributed by atoms with Crippen molar-refractivity contribution >= 4 is 52.3 Å². The van der Waals surface area contributed by atoms with Crippen LogP contribution in [-0.2, 0) is 20.9 Å². The second-order valence-corrected chi connectivity index (χ2v) is 8.21. The van der Waals surface area contributed by atoms with Gasteiger partial charge in [0.25, 0.3) is 5.91 Å². The Hall–Kier alpha value is -2.36. The Morgan fingerprint density at radius 1 is 1.28 bits per heavy atom. The zero-order valence-electron chi connectivity index (χ0n) is 15.8. The van der Waals surface area contributed by atoms with Crippen molar-refractivity contribution in [2.45, 2.75) is 31.7 Å². The predicted octanol–water partition coefficient (Wildman–Crippen LogP) is 4.34. The van der Waals surface area contributed by atoms with E-state index in [1.807, 2.05) is 29.0 Å². The van der Waals surface area contributed by atoms with Crippen molar-refractivity contribution in [3.8, 4) is 10.7 Å². The van der Waals surface area contributed by atoms with Crippen molar-refractivity contribution in [1.29, 1.82) is 0 Å². The summed E-state index contributed by atoms with van der Waals surface area (Å²) in [5.74, 6) is -0.175. The van der Waals surface area contributed by atoms with Gasteiger partial charge in [-0.1, -0.05) is 41.6 Å². The summed E-state index contributed by atoms with van der Waals surface area (Å²) in [5, 5.41) is 14.1. The molecule has 10 heteroatoms. The van der Waals surface area contributed by atoms with E-state index in [2.05, 4.69) is 15.5 Å². The van der Waals surface area contributed by atoms with E-state index in [1.54, 1.807) is 35.6 Å². The summed E-state index contributed by atoms with van der Waals surface area (Å²) in [6.45, 7) is 4.18. The molecule has 1 unspecified atom stereocenters. The smallest absolute Gasteiger partial charge is 0.317 e. The minimum atomic E-state index is -0.954. The maximum atomic E-state index is 12.2. The molecule has 0 aliphatic carbocycles. The molecule has 3 rings (SSSR count). The van der Waals surface area contributed by atoms with Crippen LogP contribution < -0.4 is 5.32 Å². The summed E-state index contributed by atoms with van der Waals surface area (Å²) in [4.78, 5) is 25.4. The van der Waals surface area contributed by atoms with Gasteiger partial charge in [-0.2, -0.15) is 0 Å². The number of esters is 1. The number of nitrogens with one attached hydrogen (secondary N) is 1. The highest BCUT2D eigenvalue weighted by molar-refractivity contribution is 7.99. The number of carbonyl (C=O) groups excluding carboxylic acids is 2. The monoisotopic (exact) mass is 450 g/mol. The molecule has 1 amide bonds. The van der Waals surface area contributed by atoms with E-state index in [-0.39, 0.29) is 5.75 Å². The van der Waals surface area contributed by atoms with Crippen molar-refractivity contribution < 1.29 is 14.3 Å². The molecule has 0 radical (unpaired) electrons. The maximum absolute atomic E-state index is 12.2.